The van der Waals surface area contributed by atoms with Gasteiger partial charge in [0, 0.05) is 5.56 Å². The minimum absolute atomic E-state index is 0.000696. The molecule has 0 fully saturated rings. The van der Waals surface area contributed by atoms with Crippen molar-refractivity contribution < 1.29 is 14.8 Å². The van der Waals surface area contributed by atoms with E-state index in [0.29, 0.717) is 16.2 Å². The summed E-state index contributed by atoms with van der Waals surface area (Å²) < 4.78 is 5.04. The Kier molecular flexibility index (Phi) is 3.07. The number of thiophene rings is 1. The predicted octanol–water partition coefficient (Wildman–Crippen LogP) is 2.62. The van der Waals surface area contributed by atoms with Gasteiger partial charge in [-0.3, -0.25) is 10.1 Å². The lowest BCUT2D eigenvalue weighted by molar-refractivity contribution is -0.383. The number of anilines is 1. The second-order valence-corrected chi connectivity index (χ2v) is 4.38. The molecule has 7 heteroatoms. The minimum Gasteiger partial charge on any atom is -0.507 e. The molecule has 0 radical (unpaired) electrons. The number of aromatic hydroxyl groups is 1. The number of phenolic OH excluding ortho intramolecular Hbond substituents is 1. The summed E-state index contributed by atoms with van der Waals surface area (Å²) in [5.41, 5.74) is 6.03. The predicted molar refractivity (Wildman–Crippen MR) is 69.0 cm³/mol. The fourth-order valence-corrected chi connectivity index (χ4v) is 2.50. The molecule has 0 saturated carbocycles. The fraction of sp³-hybridized carbons (Fsp3) is 0.0909. The van der Waals surface area contributed by atoms with E-state index in [4.69, 9.17) is 10.5 Å². The highest BCUT2D eigenvalue weighted by Gasteiger charge is 2.21. The molecular formula is C11H10N2O4S. The van der Waals surface area contributed by atoms with Crippen LogP contribution in [0.15, 0.2) is 23.6 Å². The zero-order valence-corrected chi connectivity index (χ0v) is 10.2. The monoisotopic (exact) mass is 266 g/mol. The summed E-state index contributed by atoms with van der Waals surface area (Å²) in [4.78, 5) is 10.6. The maximum atomic E-state index is 10.7. The summed E-state index contributed by atoms with van der Waals surface area (Å²) in [6.45, 7) is 0. The van der Waals surface area contributed by atoms with Crippen LogP contribution < -0.4 is 10.5 Å². The first-order chi connectivity index (χ1) is 8.54. The van der Waals surface area contributed by atoms with Crippen molar-refractivity contribution in [3.63, 3.8) is 0 Å². The minimum atomic E-state index is -0.549. The highest BCUT2D eigenvalue weighted by molar-refractivity contribution is 7.14. The van der Waals surface area contributed by atoms with Crippen molar-refractivity contribution in [2.45, 2.75) is 0 Å². The highest BCUT2D eigenvalue weighted by Crippen LogP contribution is 2.43. The molecule has 94 valence electrons. The summed E-state index contributed by atoms with van der Waals surface area (Å²) in [5, 5.41) is 21.9. The van der Waals surface area contributed by atoms with Crippen molar-refractivity contribution in [1.82, 2.24) is 0 Å². The molecule has 3 N–H and O–H groups in total. The van der Waals surface area contributed by atoms with Crippen LogP contribution in [0.3, 0.4) is 0 Å². The average molecular weight is 266 g/mol. The van der Waals surface area contributed by atoms with Crippen LogP contribution in [0, 0.1) is 10.1 Å². The van der Waals surface area contributed by atoms with Gasteiger partial charge in [-0.1, -0.05) is 0 Å². The molecule has 0 aliphatic heterocycles. The molecule has 18 heavy (non-hydrogen) atoms. The van der Waals surface area contributed by atoms with E-state index in [-0.39, 0.29) is 17.1 Å². The van der Waals surface area contributed by atoms with E-state index in [9.17, 15) is 15.2 Å². The van der Waals surface area contributed by atoms with Crippen molar-refractivity contribution in [3.8, 4) is 21.9 Å². The molecule has 0 unspecified atom stereocenters. The van der Waals surface area contributed by atoms with E-state index in [2.05, 4.69) is 0 Å². The molecule has 0 bridgehead atoms. The zero-order chi connectivity index (χ0) is 13.3. The maximum absolute atomic E-state index is 10.7. The van der Waals surface area contributed by atoms with Gasteiger partial charge in [0.1, 0.15) is 17.2 Å². The topological polar surface area (TPSA) is 98.6 Å². The lowest BCUT2D eigenvalue weighted by Crippen LogP contribution is -1.93. The molecular weight excluding hydrogens is 256 g/mol. The van der Waals surface area contributed by atoms with Gasteiger partial charge in [-0.05, 0) is 18.2 Å². The Balaban J connectivity index is 2.58. The van der Waals surface area contributed by atoms with Crippen LogP contribution in [-0.4, -0.2) is 17.1 Å². The molecule has 1 aromatic heterocycles. The summed E-state index contributed by atoms with van der Waals surface area (Å²) in [6.07, 6.45) is 0. The molecule has 0 aliphatic rings. The lowest BCUT2D eigenvalue weighted by atomic mass is 10.1. The van der Waals surface area contributed by atoms with Crippen LogP contribution in [-0.2, 0) is 0 Å². The Hall–Kier alpha value is -2.28. The number of nitrogens with zero attached hydrogens (tertiary/aromatic N) is 1. The van der Waals surface area contributed by atoms with Gasteiger partial charge in [-0.2, -0.15) is 0 Å². The van der Waals surface area contributed by atoms with E-state index in [1.54, 1.807) is 12.1 Å². The molecule has 0 amide bonds. The molecule has 1 aromatic carbocycles. The highest BCUT2D eigenvalue weighted by atomic mass is 32.1. The first-order valence-electron chi connectivity index (χ1n) is 4.93. The second kappa shape index (κ2) is 4.53. The quantitative estimate of drug-likeness (QED) is 0.657. The van der Waals surface area contributed by atoms with Crippen molar-refractivity contribution in [3.05, 3.63) is 33.7 Å². The van der Waals surface area contributed by atoms with Crippen molar-refractivity contribution in [2.75, 3.05) is 12.8 Å². The normalized spacial score (nSPS) is 10.3. The molecule has 0 saturated heterocycles. The largest absolute Gasteiger partial charge is 0.507 e. The summed E-state index contributed by atoms with van der Waals surface area (Å²) in [7, 11) is 1.50. The third-order valence-electron chi connectivity index (χ3n) is 2.45. The molecule has 0 atom stereocenters. The van der Waals surface area contributed by atoms with Crippen molar-refractivity contribution in [2.24, 2.45) is 0 Å². The number of nitrogen functional groups attached to an aromatic ring is 1. The van der Waals surface area contributed by atoms with Crippen LogP contribution in [0.1, 0.15) is 0 Å². The van der Waals surface area contributed by atoms with E-state index in [0.717, 1.165) is 11.3 Å². The zero-order valence-electron chi connectivity index (χ0n) is 9.41. The number of hydrogen-bond acceptors (Lipinski definition) is 6. The third kappa shape index (κ3) is 1.95. The number of rotatable bonds is 3. The van der Waals surface area contributed by atoms with Crippen molar-refractivity contribution in [1.29, 1.82) is 0 Å². The van der Waals surface area contributed by atoms with Crippen LogP contribution >= 0.6 is 11.3 Å². The van der Waals surface area contributed by atoms with Crippen LogP contribution in [0.25, 0.3) is 10.4 Å². The Morgan fingerprint density at radius 3 is 2.78 bits per heavy atom. The first kappa shape index (κ1) is 12.2. The molecule has 0 aliphatic carbocycles. The molecule has 0 spiro atoms. The SMILES string of the molecule is COc1ccc(O)c(-c2scc([N+](=O)[O-])c2N)c1. The summed E-state index contributed by atoms with van der Waals surface area (Å²) >= 11 is 1.11. The summed E-state index contributed by atoms with van der Waals surface area (Å²) in [5.74, 6) is 0.539. The maximum Gasteiger partial charge on any atom is 0.303 e. The number of phenols is 1. The van der Waals surface area contributed by atoms with Gasteiger partial charge in [0.05, 0.1) is 22.3 Å². The fourth-order valence-electron chi connectivity index (χ4n) is 1.53. The average Bonchev–Trinajstić information content (AvgIpc) is 2.72. The second-order valence-electron chi connectivity index (χ2n) is 3.50. The van der Waals surface area contributed by atoms with E-state index >= 15 is 0 Å². The van der Waals surface area contributed by atoms with Gasteiger partial charge in [0.25, 0.3) is 0 Å². The number of methoxy groups -OCH3 is 1. The van der Waals surface area contributed by atoms with Crippen LogP contribution in [0.5, 0.6) is 11.5 Å². The number of nitro groups is 1. The molecule has 2 aromatic rings. The Morgan fingerprint density at radius 2 is 2.22 bits per heavy atom. The Morgan fingerprint density at radius 1 is 1.50 bits per heavy atom. The van der Waals surface area contributed by atoms with Gasteiger partial charge < -0.3 is 15.6 Å². The van der Waals surface area contributed by atoms with E-state index in [1.807, 2.05) is 0 Å². The van der Waals surface area contributed by atoms with E-state index in [1.165, 1.54) is 18.6 Å². The number of nitrogens with two attached hydrogens (primary N) is 1. The molecule has 1 heterocycles. The van der Waals surface area contributed by atoms with E-state index < -0.39 is 4.92 Å². The third-order valence-corrected chi connectivity index (χ3v) is 3.47. The number of hydrogen-bond donors (Lipinski definition) is 2. The number of benzene rings is 1. The van der Waals surface area contributed by atoms with Crippen molar-refractivity contribution >= 4 is 22.7 Å². The van der Waals surface area contributed by atoms with Gasteiger partial charge in [0.2, 0.25) is 0 Å². The van der Waals surface area contributed by atoms with Crippen LogP contribution in [0.2, 0.25) is 0 Å². The summed E-state index contributed by atoms with van der Waals surface area (Å²) in [6, 6.07) is 4.64. The first-order valence-corrected chi connectivity index (χ1v) is 5.81. The standard InChI is InChI=1S/C11H10N2O4S/c1-17-6-2-3-9(14)7(4-6)11-10(12)8(5-18-11)13(15)16/h2-5,14H,12H2,1H3. The van der Waals surface area contributed by atoms with Gasteiger partial charge in [0.15, 0.2) is 0 Å². The van der Waals surface area contributed by atoms with Gasteiger partial charge in [-0.15, -0.1) is 11.3 Å². The van der Waals surface area contributed by atoms with Gasteiger partial charge >= 0.3 is 5.69 Å². The van der Waals surface area contributed by atoms with Crippen LogP contribution in [0.4, 0.5) is 11.4 Å². The molecule has 6 nitrogen and oxygen atoms in total. The van der Waals surface area contributed by atoms with Gasteiger partial charge in [-0.25, -0.2) is 0 Å². The molecule has 2 rings (SSSR count). The Bertz CT molecular complexity index is 609. The smallest absolute Gasteiger partial charge is 0.303 e. The lowest BCUT2D eigenvalue weighted by Gasteiger charge is -2.06. The Labute approximate surface area is 106 Å². The number of ether oxygens (including phenoxy) is 1.